The summed E-state index contributed by atoms with van der Waals surface area (Å²) in [7, 11) is 0. The maximum absolute atomic E-state index is 10.2. The van der Waals surface area contributed by atoms with Crippen LogP contribution in [-0.4, -0.2) is 6.29 Å². The van der Waals surface area contributed by atoms with Crippen LogP contribution in [0.15, 0.2) is 30.3 Å². The molecule has 0 fully saturated rings. The third-order valence-electron chi connectivity index (χ3n) is 1.62. The Kier molecular flexibility index (Phi) is 3.06. The van der Waals surface area contributed by atoms with Crippen molar-refractivity contribution in [3.8, 4) is 0 Å². The second-order valence-electron chi connectivity index (χ2n) is 2.47. The van der Waals surface area contributed by atoms with Gasteiger partial charge in [-0.2, -0.15) is 0 Å². The molecule has 0 saturated carbocycles. The first-order valence-electron chi connectivity index (χ1n) is 3.62. The van der Waals surface area contributed by atoms with Crippen LogP contribution in [0.25, 0.3) is 5.57 Å². The topological polar surface area (TPSA) is 17.1 Å². The fraction of sp³-hybridized carbons (Fsp3) is 0.100. The number of halogens is 1. The van der Waals surface area contributed by atoms with Gasteiger partial charge in [0.1, 0.15) is 6.29 Å². The minimum absolute atomic E-state index is 0.674. The molecule has 0 spiro atoms. The molecule has 0 atom stereocenters. The number of hydrogen-bond acceptors (Lipinski definition) is 1. The highest BCUT2D eigenvalue weighted by molar-refractivity contribution is 6.32. The summed E-state index contributed by atoms with van der Waals surface area (Å²) in [6.45, 7) is 1.86. The lowest BCUT2D eigenvalue weighted by Crippen LogP contribution is -1.80. The summed E-state index contributed by atoms with van der Waals surface area (Å²) >= 11 is 5.90. The smallest absolute Gasteiger partial charge is 0.143 e. The van der Waals surface area contributed by atoms with Gasteiger partial charge in [0.2, 0.25) is 0 Å². The van der Waals surface area contributed by atoms with Crippen LogP contribution in [0.5, 0.6) is 0 Å². The lowest BCUT2D eigenvalue weighted by atomic mass is 10.1. The maximum atomic E-state index is 10.2. The monoisotopic (exact) mass is 180 g/mol. The van der Waals surface area contributed by atoms with Crippen LogP contribution in [0.2, 0.25) is 5.02 Å². The fourth-order valence-electron chi connectivity index (χ4n) is 0.973. The first-order valence-corrected chi connectivity index (χ1v) is 4.00. The molecule has 0 bridgehead atoms. The van der Waals surface area contributed by atoms with Gasteiger partial charge in [0.25, 0.3) is 0 Å². The predicted molar refractivity (Wildman–Crippen MR) is 51.2 cm³/mol. The Bertz CT molecular complexity index is 315. The van der Waals surface area contributed by atoms with Gasteiger partial charge in [-0.3, -0.25) is 4.79 Å². The summed E-state index contributed by atoms with van der Waals surface area (Å²) in [5, 5.41) is 0.674. The molecular weight excluding hydrogens is 172 g/mol. The number of hydrogen-bond donors (Lipinski definition) is 0. The van der Waals surface area contributed by atoms with Gasteiger partial charge in [-0.25, -0.2) is 0 Å². The Hall–Kier alpha value is -1.08. The molecule has 0 radical (unpaired) electrons. The van der Waals surface area contributed by atoms with E-state index in [4.69, 9.17) is 11.6 Å². The minimum Gasteiger partial charge on any atom is -0.299 e. The largest absolute Gasteiger partial charge is 0.299 e. The zero-order valence-corrected chi connectivity index (χ0v) is 7.51. The molecule has 0 saturated heterocycles. The first-order chi connectivity index (χ1) is 5.75. The Labute approximate surface area is 76.7 Å². The molecule has 2 heteroatoms. The number of carbonyl (C=O) groups is 1. The zero-order valence-electron chi connectivity index (χ0n) is 6.75. The molecule has 1 aromatic rings. The van der Waals surface area contributed by atoms with Crippen LogP contribution in [0.4, 0.5) is 0 Å². The lowest BCUT2D eigenvalue weighted by molar-refractivity contribution is -0.104. The second kappa shape index (κ2) is 4.07. The Morgan fingerprint density at radius 1 is 1.42 bits per heavy atom. The fourth-order valence-corrected chi connectivity index (χ4v) is 1.26. The van der Waals surface area contributed by atoms with E-state index in [1.807, 2.05) is 25.1 Å². The van der Waals surface area contributed by atoms with E-state index in [-0.39, 0.29) is 0 Å². The van der Waals surface area contributed by atoms with Crippen molar-refractivity contribution in [2.24, 2.45) is 0 Å². The molecule has 62 valence electrons. The molecule has 1 aromatic carbocycles. The minimum atomic E-state index is 0.674. The van der Waals surface area contributed by atoms with Crippen molar-refractivity contribution in [3.05, 3.63) is 40.9 Å². The van der Waals surface area contributed by atoms with Crippen LogP contribution in [-0.2, 0) is 4.79 Å². The van der Waals surface area contributed by atoms with Crippen molar-refractivity contribution in [1.29, 1.82) is 0 Å². The van der Waals surface area contributed by atoms with E-state index in [1.54, 1.807) is 6.07 Å². The van der Waals surface area contributed by atoms with Gasteiger partial charge >= 0.3 is 0 Å². The Balaban J connectivity index is 3.10. The lowest BCUT2D eigenvalue weighted by Gasteiger charge is -2.01. The van der Waals surface area contributed by atoms with E-state index < -0.39 is 0 Å². The summed E-state index contributed by atoms with van der Waals surface area (Å²) in [5.74, 6) is 0. The molecule has 1 rings (SSSR count). The van der Waals surface area contributed by atoms with Crippen molar-refractivity contribution in [3.63, 3.8) is 0 Å². The molecule has 0 amide bonds. The van der Waals surface area contributed by atoms with Crippen LogP contribution < -0.4 is 0 Å². The summed E-state index contributed by atoms with van der Waals surface area (Å²) in [5.41, 5.74) is 1.79. The van der Waals surface area contributed by atoms with E-state index in [2.05, 4.69) is 0 Å². The molecule has 0 aliphatic rings. The Morgan fingerprint density at radius 2 is 2.08 bits per heavy atom. The maximum Gasteiger partial charge on any atom is 0.143 e. The number of aldehydes is 1. The highest BCUT2D eigenvalue weighted by Crippen LogP contribution is 2.22. The van der Waals surface area contributed by atoms with Gasteiger partial charge in [-0.1, -0.05) is 29.8 Å². The normalized spacial score (nSPS) is 11.3. The molecule has 0 unspecified atom stereocenters. The predicted octanol–water partition coefficient (Wildman–Crippen LogP) is 2.94. The molecule has 0 N–H and O–H groups in total. The first kappa shape index (κ1) is 9.01. The number of carbonyl (C=O) groups excluding carboxylic acids is 1. The van der Waals surface area contributed by atoms with Crippen LogP contribution >= 0.6 is 11.6 Å². The average molecular weight is 181 g/mol. The van der Waals surface area contributed by atoms with Gasteiger partial charge < -0.3 is 0 Å². The third kappa shape index (κ3) is 1.95. The molecule has 0 heterocycles. The molecule has 0 aliphatic carbocycles. The summed E-state index contributed by atoms with van der Waals surface area (Å²) < 4.78 is 0. The van der Waals surface area contributed by atoms with E-state index in [1.165, 1.54) is 6.08 Å². The molecule has 12 heavy (non-hydrogen) atoms. The van der Waals surface area contributed by atoms with Crippen molar-refractivity contribution in [2.75, 3.05) is 0 Å². The molecule has 0 aromatic heterocycles. The van der Waals surface area contributed by atoms with E-state index in [0.29, 0.717) is 5.02 Å². The summed E-state index contributed by atoms with van der Waals surface area (Å²) in [4.78, 5) is 10.2. The summed E-state index contributed by atoms with van der Waals surface area (Å²) in [6, 6.07) is 7.44. The number of rotatable bonds is 2. The van der Waals surface area contributed by atoms with E-state index >= 15 is 0 Å². The average Bonchev–Trinajstić information content (AvgIpc) is 2.05. The third-order valence-corrected chi connectivity index (χ3v) is 1.95. The highest BCUT2D eigenvalue weighted by Gasteiger charge is 1.98. The van der Waals surface area contributed by atoms with E-state index in [0.717, 1.165) is 17.4 Å². The van der Waals surface area contributed by atoms with Crippen molar-refractivity contribution < 1.29 is 4.79 Å². The molecule has 1 nitrogen and oxygen atoms in total. The quantitative estimate of drug-likeness (QED) is 0.505. The van der Waals surface area contributed by atoms with Crippen molar-refractivity contribution >= 4 is 23.5 Å². The SMILES string of the molecule is CC(=CC=O)c1ccccc1Cl. The zero-order chi connectivity index (χ0) is 8.97. The van der Waals surface area contributed by atoms with Crippen LogP contribution in [0, 0.1) is 0 Å². The van der Waals surface area contributed by atoms with Crippen LogP contribution in [0.1, 0.15) is 12.5 Å². The van der Waals surface area contributed by atoms with Gasteiger partial charge in [-0.15, -0.1) is 0 Å². The second-order valence-corrected chi connectivity index (χ2v) is 2.87. The highest BCUT2D eigenvalue weighted by atomic mass is 35.5. The standard InChI is InChI=1S/C10H9ClO/c1-8(6-7-12)9-4-2-3-5-10(9)11/h2-7H,1H3. The van der Waals surface area contributed by atoms with Gasteiger partial charge in [-0.05, 0) is 30.2 Å². The van der Waals surface area contributed by atoms with Gasteiger partial charge in [0.15, 0.2) is 0 Å². The molecule has 0 aliphatic heterocycles. The van der Waals surface area contributed by atoms with Crippen molar-refractivity contribution in [1.82, 2.24) is 0 Å². The number of benzene rings is 1. The van der Waals surface area contributed by atoms with Gasteiger partial charge in [0.05, 0.1) is 0 Å². The molecular formula is C10H9ClO. The van der Waals surface area contributed by atoms with Gasteiger partial charge in [0, 0.05) is 5.02 Å². The summed E-state index contributed by atoms with van der Waals surface area (Å²) in [6.07, 6.45) is 2.26. The van der Waals surface area contributed by atoms with Crippen molar-refractivity contribution in [2.45, 2.75) is 6.92 Å². The number of allylic oxidation sites excluding steroid dienone is 2. The van der Waals surface area contributed by atoms with Crippen LogP contribution in [0.3, 0.4) is 0 Å². The Morgan fingerprint density at radius 3 is 2.67 bits per heavy atom. The van der Waals surface area contributed by atoms with E-state index in [9.17, 15) is 4.79 Å².